The lowest BCUT2D eigenvalue weighted by Crippen LogP contribution is -2.05. The van der Waals surface area contributed by atoms with Gasteiger partial charge in [0.1, 0.15) is 0 Å². The maximum Gasteiger partial charge on any atom is 0.305 e. The van der Waals surface area contributed by atoms with E-state index in [1.54, 1.807) is 0 Å². The first-order chi connectivity index (χ1) is 37.6. The maximum atomic E-state index is 11.9. The van der Waals surface area contributed by atoms with Crippen LogP contribution in [0.4, 0.5) is 0 Å². The molecule has 0 unspecified atom stereocenters. The molecule has 0 aromatic rings. The lowest BCUT2D eigenvalue weighted by Gasteiger charge is -2.05. The van der Waals surface area contributed by atoms with Gasteiger partial charge in [-0.25, -0.2) is 0 Å². The summed E-state index contributed by atoms with van der Waals surface area (Å²) in [4.78, 5) is 23.8. The fraction of sp³-hybridized carbons (Fsp3) is 0.861. The van der Waals surface area contributed by atoms with Crippen LogP contribution < -0.4 is 0 Å². The zero-order valence-electron chi connectivity index (χ0n) is 52.3. The SMILES string of the molecule is CCCCC/C=C\C/C=C\CCCCCCCC(=O)OCCCCCCCCCCCCCCCCCC.CCCCC/C=C\C/C=C\CCCCCCCC(=O)OCCCCCCCCCCCCCCCCCC. The van der Waals surface area contributed by atoms with Gasteiger partial charge >= 0.3 is 11.9 Å². The predicted molar refractivity (Wildman–Crippen MR) is 340 cm³/mol. The fourth-order valence-corrected chi connectivity index (χ4v) is 9.98. The number of allylic oxidation sites excluding steroid dienone is 8. The molecule has 0 heterocycles. The minimum Gasteiger partial charge on any atom is -0.466 e. The highest BCUT2D eigenvalue weighted by Crippen LogP contribution is 2.17. The van der Waals surface area contributed by atoms with Crippen molar-refractivity contribution in [2.75, 3.05) is 13.2 Å². The van der Waals surface area contributed by atoms with Gasteiger partial charge in [0.05, 0.1) is 13.2 Å². The van der Waals surface area contributed by atoms with Crippen LogP contribution in [0.2, 0.25) is 0 Å². The highest BCUT2D eigenvalue weighted by Gasteiger charge is 2.04. The Labute approximate surface area is 477 Å². The number of carbonyl (C=O) groups is 2. The Morgan fingerprint density at radius 3 is 0.658 bits per heavy atom. The molecule has 0 saturated heterocycles. The van der Waals surface area contributed by atoms with Gasteiger partial charge in [-0.15, -0.1) is 0 Å². The number of carbonyl (C=O) groups excluding carboxylic acids is 2. The average molecular weight is 1070 g/mol. The van der Waals surface area contributed by atoms with Crippen molar-refractivity contribution in [2.45, 2.75) is 387 Å². The summed E-state index contributed by atoms with van der Waals surface area (Å²) in [6.45, 7) is 10.3. The number of hydrogen-bond donors (Lipinski definition) is 0. The molecule has 0 aliphatic carbocycles. The Hall–Kier alpha value is -2.10. The van der Waals surface area contributed by atoms with Crippen molar-refractivity contribution in [2.24, 2.45) is 0 Å². The Balaban J connectivity index is 0. The van der Waals surface area contributed by atoms with Crippen LogP contribution in [0.25, 0.3) is 0 Å². The standard InChI is InChI=1S/2C36H68O2/c2*1-3-5-7-9-11-13-15-17-19-21-23-25-27-29-31-33-35-38-36(37)34-32-30-28-26-24-22-20-18-16-14-12-10-8-6-4-2/h2*12,14,18,20H,3-11,13,15-17,19,21-35H2,1-2H3/b2*14-12-,20-18-. The van der Waals surface area contributed by atoms with Gasteiger partial charge in [0.15, 0.2) is 0 Å². The summed E-state index contributed by atoms with van der Waals surface area (Å²) in [5.74, 6) is 0.0216. The molecular formula is C72H136O4. The molecule has 0 rings (SSSR count). The summed E-state index contributed by atoms with van der Waals surface area (Å²) >= 11 is 0. The molecule has 4 nitrogen and oxygen atoms in total. The van der Waals surface area contributed by atoms with Crippen LogP contribution in [0.15, 0.2) is 48.6 Å². The summed E-state index contributed by atoms with van der Waals surface area (Å²) in [5, 5.41) is 0. The van der Waals surface area contributed by atoms with E-state index >= 15 is 0 Å². The summed E-state index contributed by atoms with van der Waals surface area (Å²) in [6, 6.07) is 0. The molecule has 0 aliphatic heterocycles. The van der Waals surface area contributed by atoms with E-state index < -0.39 is 0 Å². The third-order valence-electron chi connectivity index (χ3n) is 15.2. The van der Waals surface area contributed by atoms with Gasteiger partial charge in [-0.3, -0.25) is 9.59 Å². The number of ether oxygens (including phenoxy) is 2. The Bertz CT molecular complexity index is 1110. The molecule has 0 N–H and O–H groups in total. The van der Waals surface area contributed by atoms with Crippen LogP contribution in [-0.4, -0.2) is 25.2 Å². The molecule has 0 aromatic carbocycles. The van der Waals surface area contributed by atoms with E-state index in [-0.39, 0.29) is 11.9 Å². The normalized spacial score (nSPS) is 11.7. The molecule has 0 fully saturated rings. The molecule has 0 aromatic heterocycles. The number of rotatable bonds is 62. The molecule has 0 bridgehead atoms. The highest BCUT2D eigenvalue weighted by molar-refractivity contribution is 5.69. The summed E-state index contributed by atoms with van der Waals surface area (Å²) < 4.78 is 10.9. The molecule has 76 heavy (non-hydrogen) atoms. The van der Waals surface area contributed by atoms with Crippen LogP contribution >= 0.6 is 0 Å². The second-order valence-corrected chi connectivity index (χ2v) is 23.0. The molecule has 0 radical (unpaired) electrons. The largest absolute Gasteiger partial charge is 0.466 e. The first kappa shape index (κ1) is 76.0. The first-order valence-corrected chi connectivity index (χ1v) is 34.5. The van der Waals surface area contributed by atoms with Crippen molar-refractivity contribution < 1.29 is 19.1 Å². The Morgan fingerprint density at radius 1 is 0.224 bits per heavy atom. The van der Waals surface area contributed by atoms with Crippen LogP contribution in [0.1, 0.15) is 387 Å². The van der Waals surface area contributed by atoms with Gasteiger partial charge in [-0.2, -0.15) is 0 Å². The van der Waals surface area contributed by atoms with Gasteiger partial charge in [-0.1, -0.05) is 333 Å². The van der Waals surface area contributed by atoms with Crippen LogP contribution in [0.3, 0.4) is 0 Å². The minimum absolute atomic E-state index is 0.0108. The molecule has 0 spiro atoms. The molecule has 0 saturated carbocycles. The van der Waals surface area contributed by atoms with Crippen molar-refractivity contribution in [3.63, 3.8) is 0 Å². The summed E-state index contributed by atoms with van der Waals surface area (Å²) in [5.41, 5.74) is 0. The van der Waals surface area contributed by atoms with E-state index in [0.29, 0.717) is 26.1 Å². The van der Waals surface area contributed by atoms with Crippen LogP contribution in [0, 0.1) is 0 Å². The van der Waals surface area contributed by atoms with Crippen molar-refractivity contribution in [3.05, 3.63) is 48.6 Å². The van der Waals surface area contributed by atoms with E-state index in [4.69, 9.17) is 9.47 Å². The third-order valence-corrected chi connectivity index (χ3v) is 15.2. The molecule has 0 atom stereocenters. The molecular weight excluding hydrogens is 929 g/mol. The molecule has 4 heteroatoms. The minimum atomic E-state index is 0.0108. The smallest absolute Gasteiger partial charge is 0.305 e. The first-order valence-electron chi connectivity index (χ1n) is 34.5. The van der Waals surface area contributed by atoms with Gasteiger partial charge in [0, 0.05) is 12.8 Å². The van der Waals surface area contributed by atoms with Gasteiger partial charge in [0.2, 0.25) is 0 Å². The van der Waals surface area contributed by atoms with E-state index in [0.717, 1.165) is 51.4 Å². The van der Waals surface area contributed by atoms with Gasteiger partial charge < -0.3 is 9.47 Å². The second-order valence-electron chi connectivity index (χ2n) is 23.0. The summed E-state index contributed by atoms with van der Waals surface area (Å²) in [7, 11) is 0. The molecule has 0 amide bonds. The van der Waals surface area contributed by atoms with Crippen molar-refractivity contribution in [3.8, 4) is 0 Å². The summed E-state index contributed by atoms with van der Waals surface area (Å²) in [6.07, 6.45) is 90.3. The number of hydrogen-bond acceptors (Lipinski definition) is 4. The van der Waals surface area contributed by atoms with Crippen molar-refractivity contribution in [1.82, 2.24) is 0 Å². The topological polar surface area (TPSA) is 52.6 Å². The quantitative estimate of drug-likeness (QED) is 0.0346. The van der Waals surface area contributed by atoms with Crippen LogP contribution in [-0.2, 0) is 19.1 Å². The van der Waals surface area contributed by atoms with E-state index in [1.165, 1.54) is 295 Å². The Kier molecular flexibility index (Phi) is 72.9. The highest BCUT2D eigenvalue weighted by atomic mass is 16.5. The van der Waals surface area contributed by atoms with E-state index in [9.17, 15) is 9.59 Å². The van der Waals surface area contributed by atoms with Gasteiger partial charge in [0.25, 0.3) is 0 Å². The fourth-order valence-electron chi connectivity index (χ4n) is 9.98. The van der Waals surface area contributed by atoms with Crippen LogP contribution in [0.5, 0.6) is 0 Å². The average Bonchev–Trinajstić information content (AvgIpc) is 3.42. The lowest BCUT2D eigenvalue weighted by atomic mass is 10.0. The Morgan fingerprint density at radius 2 is 0.408 bits per heavy atom. The maximum absolute atomic E-state index is 11.9. The predicted octanol–water partition coefficient (Wildman–Crippen LogP) is 25.2. The zero-order chi connectivity index (χ0) is 55.2. The monoisotopic (exact) mass is 1070 g/mol. The number of unbranched alkanes of at least 4 members (excludes halogenated alkanes) is 46. The van der Waals surface area contributed by atoms with E-state index in [1.807, 2.05) is 0 Å². The zero-order valence-corrected chi connectivity index (χ0v) is 52.3. The van der Waals surface area contributed by atoms with E-state index in [2.05, 4.69) is 76.3 Å². The van der Waals surface area contributed by atoms with Gasteiger partial charge in [-0.05, 0) is 89.9 Å². The molecule has 448 valence electrons. The second kappa shape index (κ2) is 72.9. The lowest BCUT2D eigenvalue weighted by molar-refractivity contribution is -0.144. The third kappa shape index (κ3) is 74.0. The molecule has 0 aliphatic rings. The number of esters is 2. The van der Waals surface area contributed by atoms with Crippen molar-refractivity contribution in [1.29, 1.82) is 0 Å². The van der Waals surface area contributed by atoms with Crippen molar-refractivity contribution >= 4 is 11.9 Å².